The number of phenolic OH excluding ortho intramolecular Hbond substituents is 1. The van der Waals surface area contributed by atoms with Crippen LogP contribution in [0.4, 0.5) is 5.69 Å². The molecule has 1 aromatic carbocycles. The van der Waals surface area contributed by atoms with Crippen LogP contribution in [0.5, 0.6) is 11.5 Å². The molecule has 0 fully saturated rings. The molecule has 17 heavy (non-hydrogen) atoms. The predicted octanol–water partition coefficient (Wildman–Crippen LogP) is 2.11. The summed E-state index contributed by atoms with van der Waals surface area (Å²) in [6.45, 7) is 0. The number of nitrogens with one attached hydrogen (secondary N) is 1. The lowest BCUT2D eigenvalue weighted by molar-refractivity contribution is 0.102. The number of carbonyl (C=O) groups excluding carboxylic acids is 1. The fourth-order valence-corrected chi connectivity index (χ4v) is 1.79. The van der Waals surface area contributed by atoms with Crippen molar-refractivity contribution in [3.63, 3.8) is 0 Å². The highest BCUT2D eigenvalue weighted by molar-refractivity contribution is 7.07. The highest BCUT2D eigenvalue weighted by atomic mass is 32.1. The van der Waals surface area contributed by atoms with Crippen LogP contribution in [-0.2, 0) is 0 Å². The Morgan fingerprint density at radius 3 is 3.00 bits per heavy atom. The van der Waals surface area contributed by atoms with E-state index < -0.39 is 0 Å². The minimum Gasteiger partial charge on any atom is -0.506 e. The molecule has 0 aliphatic rings. The lowest BCUT2D eigenvalue weighted by Crippen LogP contribution is -2.12. The van der Waals surface area contributed by atoms with Crippen LogP contribution in [0.1, 0.15) is 10.5 Å². The van der Waals surface area contributed by atoms with Crippen molar-refractivity contribution < 1.29 is 14.6 Å². The van der Waals surface area contributed by atoms with E-state index in [0.29, 0.717) is 17.1 Å². The number of hydrogen-bond donors (Lipinski definition) is 2. The number of aromatic hydroxyl groups is 1. The second kappa shape index (κ2) is 4.84. The second-order valence-electron chi connectivity index (χ2n) is 3.21. The van der Waals surface area contributed by atoms with Gasteiger partial charge in [-0.15, -0.1) is 11.3 Å². The molecule has 0 aliphatic heterocycles. The third-order valence-corrected chi connectivity index (χ3v) is 2.70. The highest BCUT2D eigenvalue weighted by Crippen LogP contribution is 2.28. The summed E-state index contributed by atoms with van der Waals surface area (Å²) in [6, 6.07) is 4.60. The number of phenols is 1. The Morgan fingerprint density at radius 1 is 1.53 bits per heavy atom. The van der Waals surface area contributed by atoms with Gasteiger partial charge in [-0.25, -0.2) is 4.98 Å². The molecule has 1 amide bonds. The van der Waals surface area contributed by atoms with Crippen molar-refractivity contribution in [2.24, 2.45) is 0 Å². The van der Waals surface area contributed by atoms with Crippen LogP contribution < -0.4 is 10.1 Å². The molecule has 0 spiro atoms. The summed E-state index contributed by atoms with van der Waals surface area (Å²) in [5.74, 6) is 0.167. The summed E-state index contributed by atoms with van der Waals surface area (Å²) in [7, 11) is 1.51. The van der Waals surface area contributed by atoms with Crippen molar-refractivity contribution in [2.75, 3.05) is 12.4 Å². The van der Waals surface area contributed by atoms with Gasteiger partial charge in [0.25, 0.3) is 5.91 Å². The Hall–Kier alpha value is -2.08. The Bertz CT molecular complexity index is 526. The van der Waals surface area contributed by atoms with Crippen LogP contribution in [0, 0.1) is 0 Å². The van der Waals surface area contributed by atoms with Gasteiger partial charge >= 0.3 is 0 Å². The van der Waals surface area contributed by atoms with Crippen LogP contribution in [-0.4, -0.2) is 23.1 Å². The zero-order valence-corrected chi connectivity index (χ0v) is 9.82. The van der Waals surface area contributed by atoms with Crippen LogP contribution in [0.15, 0.2) is 29.1 Å². The molecular weight excluding hydrogens is 240 g/mol. The topological polar surface area (TPSA) is 71.5 Å². The van der Waals surface area contributed by atoms with E-state index in [0.717, 1.165) is 0 Å². The summed E-state index contributed by atoms with van der Waals surface area (Å²) in [5, 5.41) is 13.8. The quantitative estimate of drug-likeness (QED) is 0.818. The van der Waals surface area contributed by atoms with Gasteiger partial charge in [-0.3, -0.25) is 4.79 Å². The van der Waals surface area contributed by atoms with Crippen molar-refractivity contribution in [1.29, 1.82) is 0 Å². The molecule has 6 heteroatoms. The molecule has 88 valence electrons. The number of amides is 1. The molecule has 0 unspecified atom stereocenters. The van der Waals surface area contributed by atoms with Crippen molar-refractivity contribution in [3.8, 4) is 11.5 Å². The van der Waals surface area contributed by atoms with E-state index in [4.69, 9.17) is 4.74 Å². The molecule has 0 radical (unpaired) electrons. The number of benzene rings is 1. The molecule has 0 aliphatic carbocycles. The van der Waals surface area contributed by atoms with E-state index in [2.05, 4.69) is 10.3 Å². The zero-order valence-electron chi connectivity index (χ0n) is 9.01. The Labute approximate surface area is 102 Å². The van der Waals surface area contributed by atoms with Gasteiger partial charge in [0.05, 0.1) is 18.3 Å². The number of ether oxygens (including phenoxy) is 1. The van der Waals surface area contributed by atoms with Crippen LogP contribution in [0.3, 0.4) is 0 Å². The van der Waals surface area contributed by atoms with Gasteiger partial charge in [0.1, 0.15) is 17.2 Å². The minimum atomic E-state index is -0.366. The van der Waals surface area contributed by atoms with Gasteiger partial charge < -0.3 is 15.2 Å². The molecule has 5 nitrogen and oxygen atoms in total. The maximum atomic E-state index is 11.7. The minimum absolute atomic E-state index is 0.0191. The number of methoxy groups -OCH3 is 1. The van der Waals surface area contributed by atoms with Crippen molar-refractivity contribution >= 4 is 22.9 Å². The lowest BCUT2D eigenvalue weighted by atomic mass is 10.2. The Kier molecular flexibility index (Phi) is 3.24. The summed E-state index contributed by atoms with van der Waals surface area (Å²) in [4.78, 5) is 15.6. The average Bonchev–Trinajstić information content (AvgIpc) is 2.85. The largest absolute Gasteiger partial charge is 0.506 e. The van der Waals surface area contributed by atoms with E-state index in [1.807, 2.05) is 0 Å². The lowest BCUT2D eigenvalue weighted by Gasteiger charge is -2.07. The van der Waals surface area contributed by atoms with Gasteiger partial charge in [-0.2, -0.15) is 0 Å². The Morgan fingerprint density at radius 2 is 2.35 bits per heavy atom. The second-order valence-corrected chi connectivity index (χ2v) is 3.93. The van der Waals surface area contributed by atoms with Crippen molar-refractivity contribution in [3.05, 3.63) is 34.8 Å². The molecule has 1 heterocycles. The first kappa shape index (κ1) is 11.4. The molecule has 0 atom stereocenters. The fourth-order valence-electron chi connectivity index (χ4n) is 1.25. The molecule has 0 bridgehead atoms. The standard InChI is InChI=1S/C11H10N2O3S/c1-16-7-2-3-10(14)8(4-7)13-11(15)9-5-17-6-12-9/h2-6,14H,1H3,(H,13,15). The number of hydrogen-bond acceptors (Lipinski definition) is 5. The number of carbonyl (C=O) groups is 1. The van der Waals surface area contributed by atoms with E-state index in [-0.39, 0.29) is 11.7 Å². The first-order chi connectivity index (χ1) is 8.20. The van der Waals surface area contributed by atoms with Crippen molar-refractivity contribution in [2.45, 2.75) is 0 Å². The van der Waals surface area contributed by atoms with Crippen LogP contribution in [0.25, 0.3) is 0 Å². The molecular formula is C11H10N2O3S. The maximum Gasteiger partial charge on any atom is 0.275 e. The predicted molar refractivity (Wildman–Crippen MR) is 64.7 cm³/mol. The number of thiazole rings is 1. The van der Waals surface area contributed by atoms with Gasteiger partial charge in [0.2, 0.25) is 0 Å². The van der Waals surface area contributed by atoms with E-state index >= 15 is 0 Å². The summed E-state index contributed by atoms with van der Waals surface area (Å²) < 4.78 is 5.01. The highest BCUT2D eigenvalue weighted by Gasteiger charge is 2.11. The third-order valence-electron chi connectivity index (χ3n) is 2.12. The van der Waals surface area contributed by atoms with E-state index in [9.17, 15) is 9.90 Å². The number of anilines is 1. The monoisotopic (exact) mass is 250 g/mol. The summed E-state index contributed by atoms with van der Waals surface area (Å²) in [6.07, 6.45) is 0. The molecule has 1 aromatic heterocycles. The smallest absolute Gasteiger partial charge is 0.275 e. The first-order valence-corrected chi connectivity index (χ1v) is 5.71. The molecule has 2 rings (SSSR count). The van der Waals surface area contributed by atoms with E-state index in [1.54, 1.807) is 23.0 Å². The molecule has 2 N–H and O–H groups in total. The van der Waals surface area contributed by atoms with Crippen LogP contribution >= 0.6 is 11.3 Å². The van der Waals surface area contributed by atoms with Gasteiger partial charge in [-0.05, 0) is 12.1 Å². The van der Waals surface area contributed by atoms with E-state index in [1.165, 1.54) is 24.5 Å². The number of nitrogens with zero attached hydrogens (tertiary/aromatic N) is 1. The summed E-state index contributed by atoms with van der Waals surface area (Å²) >= 11 is 1.33. The zero-order chi connectivity index (χ0) is 12.3. The first-order valence-electron chi connectivity index (χ1n) is 4.77. The summed E-state index contributed by atoms with van der Waals surface area (Å²) in [5.41, 5.74) is 2.18. The SMILES string of the molecule is COc1ccc(O)c(NC(=O)c2cscn2)c1. The Balaban J connectivity index is 2.21. The van der Waals surface area contributed by atoms with Gasteiger partial charge in [0.15, 0.2) is 0 Å². The van der Waals surface area contributed by atoms with Crippen molar-refractivity contribution in [1.82, 2.24) is 4.98 Å². The average molecular weight is 250 g/mol. The van der Waals surface area contributed by atoms with Crippen LogP contribution in [0.2, 0.25) is 0 Å². The van der Waals surface area contributed by atoms with Gasteiger partial charge in [-0.1, -0.05) is 0 Å². The third kappa shape index (κ3) is 2.54. The maximum absolute atomic E-state index is 11.7. The molecule has 2 aromatic rings. The fraction of sp³-hybridized carbons (Fsp3) is 0.0909. The number of rotatable bonds is 3. The molecule has 0 saturated carbocycles. The number of aromatic nitrogens is 1. The molecule has 0 saturated heterocycles. The van der Waals surface area contributed by atoms with Gasteiger partial charge in [0, 0.05) is 11.4 Å². The normalized spacial score (nSPS) is 9.94.